The van der Waals surface area contributed by atoms with Crippen molar-refractivity contribution in [2.24, 2.45) is 0 Å². The minimum atomic E-state index is -0.480. The zero-order valence-electron chi connectivity index (χ0n) is 19.0. The molecule has 1 fully saturated rings. The molecule has 206 valence electrons. The summed E-state index contributed by atoms with van der Waals surface area (Å²) in [6.45, 7) is 1.81. The van der Waals surface area contributed by atoms with Crippen molar-refractivity contribution in [1.29, 1.82) is 0 Å². The number of imide groups is 1. The summed E-state index contributed by atoms with van der Waals surface area (Å²) in [6.07, 6.45) is 5.03. The highest BCUT2D eigenvalue weighted by Crippen LogP contribution is 2.34. The van der Waals surface area contributed by atoms with Crippen LogP contribution in [0.15, 0.2) is 50.2 Å². The third-order valence-electron chi connectivity index (χ3n) is 4.14. The largest absolute Gasteiger partial charge is 0.274 e. The molecular formula is C22H16Br7F3N4O2. The molecule has 0 saturated carbocycles. The van der Waals surface area contributed by atoms with E-state index in [2.05, 4.69) is 127 Å². The van der Waals surface area contributed by atoms with Crippen molar-refractivity contribution in [3.63, 3.8) is 0 Å². The van der Waals surface area contributed by atoms with Crippen LogP contribution in [-0.2, 0) is 14.9 Å². The number of aryl methyl sites for hydroxylation is 1. The van der Waals surface area contributed by atoms with Crippen LogP contribution in [0.1, 0.15) is 33.3 Å². The van der Waals surface area contributed by atoms with Gasteiger partial charge in [-0.15, -0.1) is 0 Å². The lowest BCUT2D eigenvalue weighted by Crippen LogP contribution is -2.16. The van der Waals surface area contributed by atoms with Crippen molar-refractivity contribution >= 4 is 124 Å². The summed E-state index contributed by atoms with van der Waals surface area (Å²) >= 11 is 22.2. The van der Waals surface area contributed by atoms with Crippen LogP contribution in [0.4, 0.5) is 13.2 Å². The second-order valence-corrected chi connectivity index (χ2v) is 13.8. The van der Waals surface area contributed by atoms with Gasteiger partial charge in [-0.2, -0.15) is 13.2 Å². The molecular weight excluding hydrogens is 969 g/mol. The predicted octanol–water partition coefficient (Wildman–Crippen LogP) is 9.39. The van der Waals surface area contributed by atoms with Crippen LogP contribution in [0.2, 0.25) is 0 Å². The molecule has 0 bridgehead atoms. The van der Waals surface area contributed by atoms with Crippen molar-refractivity contribution in [1.82, 2.24) is 18.9 Å². The third kappa shape index (κ3) is 12.9. The van der Waals surface area contributed by atoms with Gasteiger partial charge in [0, 0.05) is 50.2 Å². The van der Waals surface area contributed by atoms with Crippen LogP contribution in [0.25, 0.3) is 0 Å². The summed E-state index contributed by atoms with van der Waals surface area (Å²) in [6, 6.07) is 4.13. The maximum atomic E-state index is 12.5. The summed E-state index contributed by atoms with van der Waals surface area (Å²) in [7, 11) is 0. The van der Waals surface area contributed by atoms with E-state index in [0.29, 0.717) is 18.2 Å². The lowest BCUT2D eigenvalue weighted by atomic mass is 10.3. The number of carbonyl (C=O) groups excluding carboxylic acids is 2. The molecule has 4 rings (SSSR count). The highest BCUT2D eigenvalue weighted by atomic mass is 79.9. The molecule has 2 amide bonds. The first kappa shape index (κ1) is 35.8. The van der Waals surface area contributed by atoms with Gasteiger partial charge in [-0.1, -0.05) is 47.8 Å². The molecule has 3 aromatic rings. The Morgan fingerprint density at radius 2 is 1.26 bits per heavy atom. The predicted molar refractivity (Wildman–Crippen MR) is 164 cm³/mol. The number of alkyl halides is 3. The number of halogens is 10. The van der Waals surface area contributed by atoms with E-state index in [-0.39, 0.29) is 15.6 Å². The molecule has 0 unspecified atom stereocenters. The summed E-state index contributed by atoms with van der Waals surface area (Å²) in [5.41, 5.74) is 2.52. The van der Waals surface area contributed by atoms with Crippen LogP contribution in [-0.4, -0.2) is 30.7 Å². The van der Waals surface area contributed by atoms with Gasteiger partial charge in [-0.05, 0) is 89.6 Å². The number of aromatic nitrogens is 3. The van der Waals surface area contributed by atoms with Crippen molar-refractivity contribution in [2.45, 2.75) is 28.8 Å². The van der Waals surface area contributed by atoms with Gasteiger partial charge in [0.1, 0.15) is 0 Å². The Bertz CT molecular complexity index is 1240. The smallest absolute Gasteiger partial charge is 0.239 e. The summed E-state index contributed by atoms with van der Waals surface area (Å²) in [5, 5.41) is 0.632. The average Bonchev–Trinajstić information content (AvgIpc) is 3.16. The number of carbonyl (C=O) groups is 2. The molecule has 1 saturated heterocycles. The van der Waals surface area contributed by atoms with Crippen LogP contribution in [0, 0.1) is 24.8 Å². The normalized spacial score (nSPS) is 12.3. The molecule has 16 heteroatoms. The second kappa shape index (κ2) is 18.2. The number of pyridine rings is 3. The monoisotopic (exact) mass is 978 g/mol. The zero-order valence-corrected chi connectivity index (χ0v) is 30.1. The molecule has 4 heterocycles. The number of nitrogens with zero attached hydrogens (tertiary/aromatic N) is 4. The molecule has 0 aliphatic carbocycles. The lowest BCUT2D eigenvalue weighted by molar-refractivity contribution is -0.131. The zero-order chi connectivity index (χ0) is 29.0. The lowest BCUT2D eigenvalue weighted by Gasteiger charge is -2.03. The van der Waals surface area contributed by atoms with Crippen LogP contribution in [0.3, 0.4) is 0 Å². The summed E-state index contributed by atoms with van der Waals surface area (Å²) in [4.78, 5) is 31.2. The Labute approximate surface area is 276 Å². The fourth-order valence-corrected chi connectivity index (χ4v) is 5.79. The van der Waals surface area contributed by atoms with E-state index in [1.54, 1.807) is 0 Å². The molecule has 0 spiro atoms. The minimum Gasteiger partial charge on any atom is -0.274 e. The van der Waals surface area contributed by atoms with Gasteiger partial charge in [0.25, 0.3) is 0 Å². The quantitative estimate of drug-likeness (QED) is 0.111. The van der Waals surface area contributed by atoms with Crippen molar-refractivity contribution in [2.75, 3.05) is 0 Å². The maximum Gasteiger partial charge on any atom is 0.239 e. The van der Waals surface area contributed by atoms with E-state index in [4.69, 9.17) is 0 Å². The van der Waals surface area contributed by atoms with Crippen LogP contribution >= 0.6 is 112 Å². The first-order chi connectivity index (χ1) is 17.8. The van der Waals surface area contributed by atoms with Gasteiger partial charge in [-0.3, -0.25) is 9.59 Å². The van der Waals surface area contributed by atoms with Crippen molar-refractivity contribution in [3.05, 3.63) is 84.7 Å². The number of rotatable bonds is 2. The molecule has 0 atom stereocenters. The first-order valence-electron chi connectivity index (χ1n) is 10.0. The average molecular weight is 985 g/mol. The second-order valence-electron chi connectivity index (χ2n) is 6.89. The summed E-state index contributed by atoms with van der Waals surface area (Å²) in [5.74, 6) is -1.65. The van der Waals surface area contributed by atoms with Crippen LogP contribution in [0.5, 0.6) is 0 Å². The van der Waals surface area contributed by atoms with Crippen molar-refractivity contribution in [3.8, 4) is 0 Å². The minimum absolute atomic E-state index is 0.0538. The Kier molecular flexibility index (Phi) is 17.2. The molecule has 0 aromatic carbocycles. The Morgan fingerprint density at radius 3 is 1.61 bits per heavy atom. The molecule has 1 aliphatic rings. The van der Waals surface area contributed by atoms with Gasteiger partial charge in [0.15, 0.2) is 0 Å². The van der Waals surface area contributed by atoms with E-state index < -0.39 is 17.8 Å². The van der Waals surface area contributed by atoms with Crippen LogP contribution < -0.4 is 0 Å². The van der Waals surface area contributed by atoms with Gasteiger partial charge in [-0.25, -0.2) is 18.9 Å². The SMILES string of the molecule is Cc1cc(F)ncc1Br.Fc1cc(C(Br)Br)c(Br)cn1.Fc1cc(CBr)c(Br)cn1.O=C1CCC(=O)N1Br. The molecule has 1 aliphatic heterocycles. The Balaban J connectivity index is 0.000000255. The molecule has 0 radical (unpaired) electrons. The van der Waals surface area contributed by atoms with E-state index in [9.17, 15) is 22.8 Å². The van der Waals surface area contributed by atoms with Gasteiger partial charge < -0.3 is 0 Å². The number of amides is 2. The van der Waals surface area contributed by atoms with Gasteiger partial charge >= 0.3 is 0 Å². The maximum absolute atomic E-state index is 12.5. The third-order valence-corrected chi connectivity index (χ3v) is 8.72. The van der Waals surface area contributed by atoms with E-state index in [1.165, 1.54) is 36.8 Å². The van der Waals surface area contributed by atoms with E-state index >= 15 is 0 Å². The Hall–Kier alpha value is -0.260. The van der Waals surface area contributed by atoms with E-state index in [0.717, 1.165) is 34.0 Å². The topological polar surface area (TPSA) is 76.0 Å². The highest BCUT2D eigenvalue weighted by molar-refractivity contribution is 9.24. The molecule has 6 nitrogen and oxygen atoms in total. The Morgan fingerprint density at radius 1 is 0.816 bits per heavy atom. The molecule has 3 aromatic heterocycles. The number of hydrogen-bond acceptors (Lipinski definition) is 5. The fraction of sp³-hybridized carbons (Fsp3) is 0.227. The van der Waals surface area contributed by atoms with Crippen molar-refractivity contribution < 1.29 is 22.8 Å². The number of hydrogen-bond donors (Lipinski definition) is 0. The first-order valence-corrected chi connectivity index (χ1v) is 16.0. The summed E-state index contributed by atoms with van der Waals surface area (Å²) < 4.78 is 40.5. The fourth-order valence-electron chi connectivity index (χ4n) is 2.20. The van der Waals surface area contributed by atoms with E-state index in [1.807, 2.05) is 6.92 Å². The van der Waals surface area contributed by atoms with Gasteiger partial charge in [0.05, 0.1) is 19.9 Å². The molecule has 38 heavy (non-hydrogen) atoms. The molecule has 0 N–H and O–H groups in total. The highest BCUT2D eigenvalue weighted by Gasteiger charge is 2.26. The standard InChI is InChI=1S/C6H3Br3FN.C6H4Br2FN.C6H5BrFN.C4H4BrNO2/c7-4-2-11-5(10)1-3(4)6(8)9;7-2-4-1-6(9)10-3-5(4)8;1-4-2-6(8)9-3-5(4)7;5-6-3(7)1-2-4(6)8/h1-2,6H;1,3H,2H2;2-3H,1H3;1-2H2. The van der Waals surface area contributed by atoms with Gasteiger partial charge in [0.2, 0.25) is 29.7 Å².